The zero-order chi connectivity index (χ0) is 22.1. The lowest BCUT2D eigenvalue weighted by Gasteiger charge is -2.09. The number of hydrogen-bond acceptors (Lipinski definition) is 6. The van der Waals surface area contributed by atoms with Crippen molar-refractivity contribution in [1.29, 1.82) is 0 Å². The van der Waals surface area contributed by atoms with Crippen molar-refractivity contribution in [3.05, 3.63) is 83.8 Å². The number of ether oxygens (including phenoxy) is 2. The van der Waals surface area contributed by atoms with Crippen LogP contribution in [0, 0.1) is 0 Å². The van der Waals surface area contributed by atoms with E-state index in [2.05, 4.69) is 15.4 Å². The van der Waals surface area contributed by atoms with Crippen molar-refractivity contribution in [3.63, 3.8) is 0 Å². The van der Waals surface area contributed by atoms with Crippen molar-refractivity contribution in [2.75, 3.05) is 25.6 Å². The quantitative estimate of drug-likeness (QED) is 0.514. The number of carbonyl (C=O) groups is 3. The first kappa shape index (κ1) is 21.6. The normalized spacial score (nSPS) is 10.2. The standard InChI is InChI=1S/C23H22N2O6/c1-29-23(28)17-9-7-16(8-10-17)11-12-24-21(26)15-31-19-5-2-4-18(14-19)25-22(27)20-6-3-13-30-20/h2-10,13-14H,11-12,15H2,1H3,(H,24,26)(H,25,27). The summed E-state index contributed by atoms with van der Waals surface area (Å²) < 4.78 is 15.2. The van der Waals surface area contributed by atoms with Gasteiger partial charge in [-0.05, 0) is 48.4 Å². The molecule has 0 fully saturated rings. The number of amides is 2. The number of rotatable bonds is 9. The second kappa shape index (κ2) is 10.6. The van der Waals surface area contributed by atoms with Gasteiger partial charge in [0.15, 0.2) is 12.4 Å². The molecule has 0 saturated carbocycles. The van der Waals surface area contributed by atoms with E-state index < -0.39 is 0 Å². The first-order valence-corrected chi connectivity index (χ1v) is 9.57. The molecule has 0 unspecified atom stereocenters. The van der Waals surface area contributed by atoms with Gasteiger partial charge in [0.2, 0.25) is 0 Å². The molecular formula is C23H22N2O6. The molecule has 0 saturated heterocycles. The average molecular weight is 422 g/mol. The van der Waals surface area contributed by atoms with Gasteiger partial charge in [0.1, 0.15) is 5.75 Å². The third kappa shape index (κ3) is 6.46. The molecule has 2 aromatic carbocycles. The van der Waals surface area contributed by atoms with E-state index in [0.29, 0.717) is 30.0 Å². The van der Waals surface area contributed by atoms with Crippen LogP contribution in [-0.4, -0.2) is 38.0 Å². The van der Waals surface area contributed by atoms with Gasteiger partial charge in [-0.1, -0.05) is 18.2 Å². The Bertz CT molecular complexity index is 1030. The fraction of sp³-hybridized carbons (Fsp3) is 0.174. The fourth-order valence-corrected chi connectivity index (χ4v) is 2.74. The summed E-state index contributed by atoms with van der Waals surface area (Å²) in [4.78, 5) is 35.5. The minimum atomic E-state index is -0.387. The van der Waals surface area contributed by atoms with Gasteiger partial charge < -0.3 is 24.5 Å². The van der Waals surface area contributed by atoms with Crippen LogP contribution < -0.4 is 15.4 Å². The van der Waals surface area contributed by atoms with Gasteiger partial charge in [-0.2, -0.15) is 0 Å². The van der Waals surface area contributed by atoms with Gasteiger partial charge in [-0.15, -0.1) is 0 Å². The third-order valence-corrected chi connectivity index (χ3v) is 4.32. The highest BCUT2D eigenvalue weighted by Gasteiger charge is 2.10. The third-order valence-electron chi connectivity index (χ3n) is 4.32. The van der Waals surface area contributed by atoms with Crippen molar-refractivity contribution in [2.45, 2.75) is 6.42 Å². The maximum Gasteiger partial charge on any atom is 0.337 e. The van der Waals surface area contributed by atoms with Crippen LogP contribution >= 0.6 is 0 Å². The highest BCUT2D eigenvalue weighted by molar-refractivity contribution is 6.02. The molecule has 0 aliphatic carbocycles. The zero-order valence-electron chi connectivity index (χ0n) is 16.9. The topological polar surface area (TPSA) is 107 Å². The number of esters is 1. The number of carbonyl (C=O) groups excluding carboxylic acids is 3. The summed E-state index contributed by atoms with van der Waals surface area (Å²) in [5, 5.41) is 5.47. The number of hydrogen-bond donors (Lipinski definition) is 2. The molecular weight excluding hydrogens is 400 g/mol. The van der Waals surface area contributed by atoms with Gasteiger partial charge >= 0.3 is 5.97 Å². The number of anilines is 1. The van der Waals surface area contributed by atoms with Crippen LogP contribution in [0.15, 0.2) is 71.3 Å². The largest absolute Gasteiger partial charge is 0.484 e. The molecule has 0 radical (unpaired) electrons. The summed E-state index contributed by atoms with van der Waals surface area (Å²) in [5.41, 5.74) is 1.98. The summed E-state index contributed by atoms with van der Waals surface area (Å²) in [5.74, 6) is -0.381. The van der Waals surface area contributed by atoms with Crippen molar-refractivity contribution >= 4 is 23.5 Å². The molecule has 0 aliphatic rings. The molecule has 0 bridgehead atoms. The highest BCUT2D eigenvalue weighted by atomic mass is 16.5. The summed E-state index contributed by atoms with van der Waals surface area (Å²) in [6.07, 6.45) is 2.03. The first-order chi connectivity index (χ1) is 15.0. The Kier molecular flexibility index (Phi) is 7.42. The minimum Gasteiger partial charge on any atom is -0.484 e. The Morgan fingerprint density at radius 2 is 1.81 bits per heavy atom. The van der Waals surface area contributed by atoms with Crippen LogP contribution in [0.25, 0.3) is 0 Å². The molecule has 0 aliphatic heterocycles. The van der Waals surface area contributed by atoms with Gasteiger partial charge in [0.25, 0.3) is 11.8 Å². The van der Waals surface area contributed by atoms with Crippen molar-refractivity contribution in [2.24, 2.45) is 0 Å². The van der Waals surface area contributed by atoms with Crippen LogP contribution in [0.1, 0.15) is 26.5 Å². The molecule has 1 heterocycles. The van der Waals surface area contributed by atoms with E-state index in [4.69, 9.17) is 9.15 Å². The molecule has 2 amide bonds. The van der Waals surface area contributed by atoms with E-state index in [1.165, 1.54) is 13.4 Å². The Hall–Kier alpha value is -4.07. The maximum absolute atomic E-state index is 12.0. The lowest BCUT2D eigenvalue weighted by atomic mass is 10.1. The van der Waals surface area contributed by atoms with Crippen LogP contribution in [0.4, 0.5) is 5.69 Å². The summed E-state index contributed by atoms with van der Waals surface area (Å²) in [7, 11) is 1.33. The molecule has 8 heteroatoms. The molecule has 31 heavy (non-hydrogen) atoms. The van der Waals surface area contributed by atoms with Gasteiger partial charge in [0, 0.05) is 18.3 Å². The Labute approximate surface area is 179 Å². The smallest absolute Gasteiger partial charge is 0.337 e. The molecule has 3 rings (SSSR count). The monoisotopic (exact) mass is 422 g/mol. The number of benzene rings is 2. The van der Waals surface area contributed by atoms with E-state index in [0.717, 1.165) is 5.56 Å². The maximum atomic E-state index is 12.0. The molecule has 8 nitrogen and oxygen atoms in total. The fourth-order valence-electron chi connectivity index (χ4n) is 2.74. The van der Waals surface area contributed by atoms with E-state index in [-0.39, 0.29) is 30.2 Å². The Morgan fingerprint density at radius 1 is 1.00 bits per heavy atom. The van der Waals surface area contributed by atoms with Crippen LogP contribution in [-0.2, 0) is 16.0 Å². The molecule has 3 aromatic rings. The Balaban J connectivity index is 1.41. The van der Waals surface area contributed by atoms with Crippen molar-refractivity contribution in [1.82, 2.24) is 5.32 Å². The minimum absolute atomic E-state index is 0.156. The second-order valence-electron chi connectivity index (χ2n) is 6.54. The van der Waals surface area contributed by atoms with E-state index in [9.17, 15) is 14.4 Å². The highest BCUT2D eigenvalue weighted by Crippen LogP contribution is 2.18. The lowest BCUT2D eigenvalue weighted by Crippen LogP contribution is -2.30. The van der Waals surface area contributed by atoms with Crippen molar-refractivity contribution in [3.8, 4) is 5.75 Å². The predicted molar refractivity (Wildman–Crippen MR) is 113 cm³/mol. The molecule has 160 valence electrons. The van der Waals surface area contributed by atoms with Crippen LogP contribution in [0.2, 0.25) is 0 Å². The van der Waals surface area contributed by atoms with E-state index >= 15 is 0 Å². The van der Waals surface area contributed by atoms with Crippen molar-refractivity contribution < 1.29 is 28.3 Å². The summed E-state index contributed by atoms with van der Waals surface area (Å²) >= 11 is 0. The molecule has 2 N–H and O–H groups in total. The van der Waals surface area contributed by atoms with Gasteiger partial charge in [-0.25, -0.2) is 4.79 Å². The Morgan fingerprint density at radius 3 is 2.52 bits per heavy atom. The summed E-state index contributed by atoms with van der Waals surface area (Å²) in [6.45, 7) is 0.274. The van der Waals surface area contributed by atoms with Crippen LogP contribution in [0.3, 0.4) is 0 Å². The van der Waals surface area contributed by atoms with Gasteiger partial charge in [-0.3, -0.25) is 9.59 Å². The predicted octanol–water partition coefficient (Wildman–Crippen LogP) is 3.06. The first-order valence-electron chi connectivity index (χ1n) is 9.57. The van der Waals surface area contributed by atoms with Crippen LogP contribution in [0.5, 0.6) is 5.75 Å². The zero-order valence-corrected chi connectivity index (χ0v) is 16.9. The van der Waals surface area contributed by atoms with Gasteiger partial charge in [0.05, 0.1) is 18.9 Å². The van der Waals surface area contributed by atoms with E-state index in [1.807, 2.05) is 12.1 Å². The molecule has 0 atom stereocenters. The SMILES string of the molecule is COC(=O)c1ccc(CCNC(=O)COc2cccc(NC(=O)c3ccco3)c2)cc1. The second-order valence-corrected chi connectivity index (χ2v) is 6.54. The molecule has 0 spiro atoms. The van der Waals surface area contributed by atoms with E-state index in [1.54, 1.807) is 48.5 Å². The summed E-state index contributed by atoms with van der Waals surface area (Å²) in [6, 6.07) is 16.9. The lowest BCUT2D eigenvalue weighted by molar-refractivity contribution is -0.123. The number of nitrogens with one attached hydrogen (secondary N) is 2. The average Bonchev–Trinajstić information content (AvgIpc) is 3.33. The number of furan rings is 1. The number of methoxy groups -OCH3 is 1. The molecule has 1 aromatic heterocycles.